The van der Waals surface area contributed by atoms with Crippen LogP contribution < -0.4 is 10.6 Å². The quantitative estimate of drug-likeness (QED) is 0.354. The molecule has 0 radical (unpaired) electrons. The number of nitrogens with zero attached hydrogens (tertiary/aromatic N) is 2. The Kier molecular flexibility index (Phi) is 5.41. The largest absolute Gasteiger partial charge is 0.346 e. The van der Waals surface area contributed by atoms with Crippen molar-refractivity contribution in [3.8, 4) is 0 Å². The van der Waals surface area contributed by atoms with Crippen molar-refractivity contribution >= 4 is 51.7 Å². The van der Waals surface area contributed by atoms with Gasteiger partial charge in [0, 0.05) is 41.6 Å². The molecule has 0 saturated heterocycles. The molecule has 0 aliphatic rings. The van der Waals surface area contributed by atoms with Crippen molar-refractivity contribution in [1.82, 2.24) is 14.5 Å². The minimum atomic E-state index is -0.264. The zero-order valence-corrected chi connectivity index (χ0v) is 16.8. The average molecular weight is 418 g/mol. The number of H-pyrrole nitrogens is 1. The number of nitrogens with one attached hydrogen (secondary N) is 3. The van der Waals surface area contributed by atoms with E-state index in [-0.39, 0.29) is 18.4 Å². The van der Waals surface area contributed by atoms with Gasteiger partial charge in [0.15, 0.2) is 0 Å². The van der Waals surface area contributed by atoms with E-state index >= 15 is 0 Å². The summed E-state index contributed by atoms with van der Waals surface area (Å²) in [6.45, 7) is 0.722. The van der Waals surface area contributed by atoms with E-state index < -0.39 is 0 Å². The Balaban J connectivity index is 0.00000218. The summed E-state index contributed by atoms with van der Waals surface area (Å²) >= 11 is 0. The highest BCUT2D eigenvalue weighted by atomic mass is 35.5. The summed E-state index contributed by atoms with van der Waals surface area (Å²) in [5.41, 5.74) is 4.66. The number of pyridine rings is 1. The number of carbonyl (C=O) groups is 1. The van der Waals surface area contributed by atoms with Crippen molar-refractivity contribution in [3.05, 3.63) is 90.9 Å². The van der Waals surface area contributed by atoms with Crippen molar-refractivity contribution in [2.24, 2.45) is 0 Å². The third-order valence-electron chi connectivity index (χ3n) is 4.98. The monoisotopic (exact) mass is 417 g/mol. The van der Waals surface area contributed by atoms with Crippen LogP contribution in [0.1, 0.15) is 5.56 Å². The molecular formula is C23H20ClN5O. The van der Waals surface area contributed by atoms with E-state index in [0.29, 0.717) is 0 Å². The van der Waals surface area contributed by atoms with Crippen molar-refractivity contribution in [3.63, 3.8) is 0 Å². The Bertz CT molecular complexity index is 1310. The number of urea groups is 1. The zero-order chi connectivity index (χ0) is 19.6. The Morgan fingerprint density at radius 1 is 0.933 bits per heavy atom. The van der Waals surface area contributed by atoms with Crippen LogP contribution in [0.4, 0.5) is 16.2 Å². The molecule has 6 nitrogen and oxygen atoms in total. The first-order valence-electron chi connectivity index (χ1n) is 9.40. The summed E-state index contributed by atoms with van der Waals surface area (Å²) in [7, 11) is 0. The summed E-state index contributed by atoms with van der Waals surface area (Å²) in [6, 6.07) is 21.2. The normalized spacial score (nSPS) is 10.7. The number of para-hydroxylation sites is 1. The molecule has 0 bridgehead atoms. The highest BCUT2D eigenvalue weighted by Gasteiger charge is 2.10. The number of rotatable bonds is 4. The Hall–Kier alpha value is -3.77. The van der Waals surface area contributed by atoms with Crippen LogP contribution in [-0.2, 0) is 6.54 Å². The van der Waals surface area contributed by atoms with Crippen LogP contribution in [0.15, 0.2) is 85.3 Å². The van der Waals surface area contributed by atoms with E-state index in [9.17, 15) is 4.79 Å². The van der Waals surface area contributed by atoms with Crippen molar-refractivity contribution in [2.75, 3.05) is 10.6 Å². The lowest BCUT2D eigenvalue weighted by molar-refractivity contribution is 0.262. The number of halogens is 1. The number of aromatic nitrogens is 3. The summed E-state index contributed by atoms with van der Waals surface area (Å²) in [5.74, 6) is 0. The molecule has 2 amide bonds. The van der Waals surface area contributed by atoms with Gasteiger partial charge in [0.05, 0.1) is 11.2 Å². The molecule has 5 rings (SSSR count). The van der Waals surface area contributed by atoms with E-state index in [4.69, 9.17) is 0 Å². The molecular weight excluding hydrogens is 398 g/mol. The van der Waals surface area contributed by atoms with Crippen molar-refractivity contribution < 1.29 is 4.79 Å². The molecule has 0 fully saturated rings. The number of aromatic amines is 1. The molecule has 0 spiro atoms. The van der Waals surface area contributed by atoms with Crippen molar-refractivity contribution in [1.29, 1.82) is 0 Å². The second kappa shape index (κ2) is 8.31. The van der Waals surface area contributed by atoms with E-state index in [1.165, 1.54) is 5.56 Å². The molecule has 150 valence electrons. The molecule has 3 N–H and O–H groups in total. The fourth-order valence-corrected chi connectivity index (χ4v) is 3.62. The number of anilines is 2. The maximum Gasteiger partial charge on any atom is 0.323 e. The van der Waals surface area contributed by atoms with Gasteiger partial charge in [-0.3, -0.25) is 0 Å². The van der Waals surface area contributed by atoms with Gasteiger partial charge in [-0.05, 0) is 48.0 Å². The molecule has 3 aromatic heterocycles. The van der Waals surface area contributed by atoms with Gasteiger partial charge in [0.2, 0.25) is 0 Å². The molecule has 0 aliphatic carbocycles. The number of hydrogen-bond donors (Lipinski definition) is 3. The highest BCUT2D eigenvalue weighted by Crippen LogP contribution is 2.26. The summed E-state index contributed by atoms with van der Waals surface area (Å²) in [6.07, 6.45) is 5.77. The van der Waals surface area contributed by atoms with Gasteiger partial charge in [-0.15, -0.1) is 12.4 Å². The maximum absolute atomic E-state index is 12.4. The van der Waals surface area contributed by atoms with Crippen LogP contribution in [0.25, 0.3) is 21.9 Å². The van der Waals surface area contributed by atoms with Crippen LogP contribution in [0, 0.1) is 0 Å². The van der Waals surface area contributed by atoms with Crippen LogP contribution in [0.3, 0.4) is 0 Å². The molecule has 0 saturated carbocycles. The zero-order valence-electron chi connectivity index (χ0n) is 16.0. The highest BCUT2D eigenvalue weighted by molar-refractivity contribution is 6.05. The number of fused-ring (bicyclic) bond motifs is 2. The van der Waals surface area contributed by atoms with Gasteiger partial charge in [0.25, 0.3) is 0 Å². The average Bonchev–Trinajstić information content (AvgIpc) is 3.37. The molecule has 30 heavy (non-hydrogen) atoms. The predicted octanol–water partition coefficient (Wildman–Crippen LogP) is 5.63. The standard InChI is InChI=1S/C23H19N5O.ClH/c29-23(26-17-5-2-1-3-6-17)27-20-7-4-8-21-19(20)11-14-28(21)15-16-9-12-24-22-18(16)10-13-25-22;/h1-14H,15H2,(H,24,25)(H2,26,27,29);1H. The van der Waals surface area contributed by atoms with Gasteiger partial charge in [-0.25, -0.2) is 9.78 Å². The SMILES string of the molecule is Cl.O=C(Nc1ccccc1)Nc1cccc2c1ccn2Cc1ccnc2[nH]ccc12. The minimum absolute atomic E-state index is 0. The predicted molar refractivity (Wildman–Crippen MR) is 123 cm³/mol. The number of hydrogen-bond acceptors (Lipinski definition) is 2. The van der Waals surface area contributed by atoms with Gasteiger partial charge < -0.3 is 20.2 Å². The second-order valence-electron chi connectivity index (χ2n) is 6.84. The molecule has 3 heterocycles. The first-order chi connectivity index (χ1) is 14.3. The number of amides is 2. The Morgan fingerprint density at radius 3 is 2.67 bits per heavy atom. The van der Waals surface area contributed by atoms with Gasteiger partial charge in [-0.2, -0.15) is 0 Å². The van der Waals surface area contributed by atoms with Gasteiger partial charge in [0.1, 0.15) is 5.65 Å². The van der Waals surface area contributed by atoms with Crippen LogP contribution in [0.5, 0.6) is 0 Å². The van der Waals surface area contributed by atoms with Gasteiger partial charge >= 0.3 is 6.03 Å². The van der Waals surface area contributed by atoms with Crippen LogP contribution in [0.2, 0.25) is 0 Å². The molecule has 7 heteroatoms. The lowest BCUT2D eigenvalue weighted by Crippen LogP contribution is -2.19. The number of carbonyl (C=O) groups excluding carboxylic acids is 1. The Morgan fingerprint density at radius 2 is 1.80 bits per heavy atom. The molecule has 0 unspecified atom stereocenters. The fourth-order valence-electron chi connectivity index (χ4n) is 3.62. The van der Waals surface area contributed by atoms with Crippen molar-refractivity contribution in [2.45, 2.75) is 6.54 Å². The lowest BCUT2D eigenvalue weighted by atomic mass is 10.2. The number of benzene rings is 2. The smallest absolute Gasteiger partial charge is 0.323 e. The van der Waals surface area contributed by atoms with Crippen LogP contribution >= 0.6 is 12.4 Å². The molecule has 5 aromatic rings. The van der Waals surface area contributed by atoms with Crippen LogP contribution in [-0.4, -0.2) is 20.6 Å². The van der Waals surface area contributed by atoms with E-state index in [1.54, 1.807) is 0 Å². The maximum atomic E-state index is 12.4. The minimum Gasteiger partial charge on any atom is -0.346 e. The first-order valence-corrected chi connectivity index (χ1v) is 9.40. The van der Waals surface area contributed by atoms with Gasteiger partial charge in [-0.1, -0.05) is 24.3 Å². The lowest BCUT2D eigenvalue weighted by Gasteiger charge is -2.10. The summed E-state index contributed by atoms with van der Waals surface area (Å²) in [4.78, 5) is 19.9. The van der Waals surface area contributed by atoms with E-state index in [1.807, 2.05) is 79.3 Å². The molecule has 0 aliphatic heterocycles. The molecule has 2 aromatic carbocycles. The Labute approximate surface area is 179 Å². The first kappa shape index (κ1) is 19.5. The van der Waals surface area contributed by atoms with E-state index in [2.05, 4.69) is 31.2 Å². The summed E-state index contributed by atoms with van der Waals surface area (Å²) < 4.78 is 2.18. The topological polar surface area (TPSA) is 74.7 Å². The third kappa shape index (κ3) is 3.73. The molecule has 0 atom stereocenters. The third-order valence-corrected chi connectivity index (χ3v) is 4.98. The fraction of sp³-hybridized carbons (Fsp3) is 0.0435. The van der Waals surface area contributed by atoms with E-state index in [0.717, 1.165) is 39.9 Å². The summed E-state index contributed by atoms with van der Waals surface area (Å²) in [5, 5.41) is 7.92. The second-order valence-corrected chi connectivity index (χ2v) is 6.84.